The molecule has 3 N–H and O–H groups in total. The Labute approximate surface area is 159 Å². The van der Waals surface area contributed by atoms with Crippen molar-refractivity contribution in [2.24, 2.45) is 5.73 Å². The number of nitrogens with two attached hydrogens (primary N) is 1. The number of hydrogen-bond acceptors (Lipinski definition) is 4. The lowest BCUT2D eigenvalue weighted by atomic mass is 10.0. The highest BCUT2D eigenvalue weighted by atomic mass is 16.1. The maximum atomic E-state index is 12.9. The molecule has 0 saturated carbocycles. The average Bonchev–Trinajstić information content (AvgIpc) is 3.02. The van der Waals surface area contributed by atoms with Crippen LogP contribution < -0.4 is 11.1 Å². The van der Waals surface area contributed by atoms with Crippen LogP contribution >= 0.6 is 0 Å². The van der Waals surface area contributed by atoms with E-state index in [1.165, 1.54) is 0 Å². The molecule has 0 aliphatic rings. The molecule has 1 amide bonds. The fourth-order valence-corrected chi connectivity index (χ4v) is 2.99. The van der Waals surface area contributed by atoms with Gasteiger partial charge in [0.25, 0.3) is 5.91 Å². The van der Waals surface area contributed by atoms with Crippen molar-refractivity contribution < 1.29 is 4.79 Å². The van der Waals surface area contributed by atoms with Gasteiger partial charge in [-0.3, -0.25) is 4.79 Å². The number of benzene rings is 1. The predicted octanol–water partition coefficient (Wildman–Crippen LogP) is 3.45. The fraction of sp³-hybridized carbons (Fsp3) is 0.381. The topological polar surface area (TPSA) is 85.8 Å². The van der Waals surface area contributed by atoms with Gasteiger partial charge in [0, 0.05) is 23.7 Å². The van der Waals surface area contributed by atoms with Crippen molar-refractivity contribution in [3.8, 4) is 11.3 Å². The summed E-state index contributed by atoms with van der Waals surface area (Å²) in [6.45, 7) is 10.3. The minimum absolute atomic E-state index is 0.140. The molecule has 2 heterocycles. The Kier molecular flexibility index (Phi) is 5.02. The van der Waals surface area contributed by atoms with Crippen LogP contribution in [-0.4, -0.2) is 32.8 Å². The van der Waals surface area contributed by atoms with E-state index in [1.807, 2.05) is 69.6 Å². The largest absolute Gasteiger partial charge is 0.350 e. The van der Waals surface area contributed by atoms with Gasteiger partial charge in [-0.2, -0.15) is 5.10 Å². The number of carbonyl (C=O) groups excluding carboxylic acids is 1. The van der Waals surface area contributed by atoms with E-state index in [9.17, 15) is 4.79 Å². The first-order chi connectivity index (χ1) is 12.7. The van der Waals surface area contributed by atoms with E-state index in [1.54, 1.807) is 6.20 Å². The van der Waals surface area contributed by atoms with Gasteiger partial charge in [-0.05, 0) is 46.2 Å². The molecule has 6 nitrogen and oxygen atoms in total. The summed E-state index contributed by atoms with van der Waals surface area (Å²) in [4.78, 5) is 17.8. The van der Waals surface area contributed by atoms with Gasteiger partial charge in [0.2, 0.25) is 0 Å². The number of nitrogens with one attached hydrogen (secondary N) is 1. The van der Waals surface area contributed by atoms with E-state index in [-0.39, 0.29) is 11.9 Å². The zero-order chi connectivity index (χ0) is 19.8. The molecule has 0 spiro atoms. The third kappa shape index (κ3) is 4.01. The molecule has 0 bridgehead atoms. The summed E-state index contributed by atoms with van der Waals surface area (Å²) in [6, 6.07) is 10.0. The summed E-state index contributed by atoms with van der Waals surface area (Å²) in [5.74, 6) is -0.168. The molecular formula is C21H27N5O. The van der Waals surface area contributed by atoms with E-state index in [4.69, 9.17) is 10.7 Å². The van der Waals surface area contributed by atoms with E-state index in [0.29, 0.717) is 17.8 Å². The smallest absolute Gasteiger partial charge is 0.252 e. The summed E-state index contributed by atoms with van der Waals surface area (Å²) >= 11 is 0. The summed E-state index contributed by atoms with van der Waals surface area (Å²) in [6.07, 6.45) is 1.71. The molecule has 0 unspecified atom stereocenters. The number of rotatable bonds is 5. The second-order valence-electron chi connectivity index (χ2n) is 7.96. The maximum Gasteiger partial charge on any atom is 0.252 e. The maximum absolute atomic E-state index is 12.9. The van der Waals surface area contributed by atoms with Gasteiger partial charge in [0.15, 0.2) is 5.65 Å². The lowest BCUT2D eigenvalue weighted by molar-refractivity contribution is 0.0947. The Morgan fingerprint density at radius 2 is 2.00 bits per heavy atom. The van der Waals surface area contributed by atoms with Crippen molar-refractivity contribution in [1.82, 2.24) is 20.1 Å². The Morgan fingerprint density at radius 1 is 1.30 bits per heavy atom. The third-order valence-corrected chi connectivity index (χ3v) is 4.43. The number of carbonyl (C=O) groups is 1. The van der Waals surface area contributed by atoms with Gasteiger partial charge in [0.1, 0.15) is 0 Å². The number of aromatic nitrogens is 3. The van der Waals surface area contributed by atoms with Gasteiger partial charge < -0.3 is 11.1 Å². The molecule has 0 saturated heterocycles. The summed E-state index contributed by atoms with van der Waals surface area (Å²) < 4.78 is 1.85. The number of fused-ring (bicyclic) bond motifs is 1. The Balaban J connectivity index is 2.17. The third-order valence-electron chi connectivity index (χ3n) is 4.43. The van der Waals surface area contributed by atoms with Gasteiger partial charge >= 0.3 is 0 Å². The van der Waals surface area contributed by atoms with Crippen LogP contribution in [0.3, 0.4) is 0 Å². The van der Waals surface area contributed by atoms with Crippen LogP contribution in [0.1, 0.15) is 49.7 Å². The van der Waals surface area contributed by atoms with Crippen molar-refractivity contribution in [3.63, 3.8) is 0 Å². The van der Waals surface area contributed by atoms with Crippen LogP contribution in [0, 0.1) is 6.92 Å². The number of nitrogens with zero attached hydrogens (tertiary/aromatic N) is 3. The highest BCUT2D eigenvalue weighted by molar-refractivity contribution is 6.06. The van der Waals surface area contributed by atoms with Crippen molar-refractivity contribution in [1.29, 1.82) is 0 Å². The monoisotopic (exact) mass is 365 g/mol. The van der Waals surface area contributed by atoms with Crippen LogP contribution in [0.15, 0.2) is 36.5 Å². The van der Waals surface area contributed by atoms with Crippen molar-refractivity contribution in [2.75, 3.05) is 6.54 Å². The van der Waals surface area contributed by atoms with E-state index >= 15 is 0 Å². The van der Waals surface area contributed by atoms with Crippen LogP contribution in [-0.2, 0) is 0 Å². The number of hydrogen-bond donors (Lipinski definition) is 2. The normalized spacial score (nSPS) is 12.0. The molecule has 0 atom stereocenters. The zero-order valence-corrected chi connectivity index (χ0v) is 16.6. The van der Waals surface area contributed by atoms with Crippen LogP contribution in [0.2, 0.25) is 0 Å². The molecule has 6 heteroatoms. The van der Waals surface area contributed by atoms with E-state index in [2.05, 4.69) is 10.4 Å². The summed E-state index contributed by atoms with van der Waals surface area (Å²) in [5.41, 5.74) is 9.68. The molecule has 27 heavy (non-hydrogen) atoms. The molecule has 0 radical (unpaired) electrons. The van der Waals surface area contributed by atoms with Crippen molar-refractivity contribution in [3.05, 3.63) is 47.7 Å². The van der Waals surface area contributed by atoms with E-state index in [0.717, 1.165) is 22.2 Å². The number of aryl methyl sites for hydroxylation is 1. The Bertz CT molecular complexity index is 982. The van der Waals surface area contributed by atoms with Crippen LogP contribution in [0.4, 0.5) is 0 Å². The van der Waals surface area contributed by atoms with Crippen molar-refractivity contribution in [2.45, 2.75) is 46.2 Å². The van der Waals surface area contributed by atoms with Crippen molar-refractivity contribution >= 4 is 16.9 Å². The second-order valence-corrected chi connectivity index (χ2v) is 7.96. The molecule has 3 aromatic rings. The first kappa shape index (κ1) is 19.0. The second kappa shape index (κ2) is 7.12. The molecule has 2 aromatic heterocycles. The van der Waals surface area contributed by atoms with E-state index < -0.39 is 5.54 Å². The molecule has 0 aliphatic carbocycles. The molecule has 0 aliphatic heterocycles. The van der Waals surface area contributed by atoms with Crippen LogP contribution in [0.25, 0.3) is 22.3 Å². The SMILES string of the molecule is Cc1ccccc1-c1cc(C(=O)NCC(C)(C)N)c2cnn(C(C)C)c2n1. The number of pyridine rings is 1. The first-order valence-electron chi connectivity index (χ1n) is 9.19. The number of amides is 1. The standard InChI is InChI=1S/C21H27N5O/c1-13(2)26-19-17(11-24-26)16(20(27)23-12-21(4,5)22)10-18(25-19)15-9-7-6-8-14(15)3/h6-11,13H,12,22H2,1-5H3,(H,23,27). The fourth-order valence-electron chi connectivity index (χ4n) is 2.99. The lowest BCUT2D eigenvalue weighted by Crippen LogP contribution is -2.45. The van der Waals surface area contributed by atoms with Gasteiger partial charge in [-0.1, -0.05) is 24.3 Å². The minimum Gasteiger partial charge on any atom is -0.350 e. The highest BCUT2D eigenvalue weighted by Crippen LogP contribution is 2.28. The van der Waals surface area contributed by atoms with Gasteiger partial charge in [-0.15, -0.1) is 0 Å². The Morgan fingerprint density at radius 3 is 2.63 bits per heavy atom. The molecule has 3 rings (SSSR count). The quantitative estimate of drug-likeness (QED) is 0.725. The van der Waals surface area contributed by atoms with Gasteiger partial charge in [-0.25, -0.2) is 9.67 Å². The lowest BCUT2D eigenvalue weighted by Gasteiger charge is -2.19. The van der Waals surface area contributed by atoms with Gasteiger partial charge in [0.05, 0.1) is 22.8 Å². The Hall–Kier alpha value is -2.73. The summed E-state index contributed by atoms with van der Waals surface area (Å²) in [5, 5.41) is 8.13. The molecule has 1 aromatic carbocycles. The predicted molar refractivity (Wildman–Crippen MR) is 109 cm³/mol. The summed E-state index contributed by atoms with van der Waals surface area (Å²) in [7, 11) is 0. The minimum atomic E-state index is -0.483. The molecule has 0 fully saturated rings. The average molecular weight is 365 g/mol. The van der Waals surface area contributed by atoms with Crippen LogP contribution in [0.5, 0.6) is 0 Å². The highest BCUT2D eigenvalue weighted by Gasteiger charge is 2.20. The molecular weight excluding hydrogens is 338 g/mol. The first-order valence-corrected chi connectivity index (χ1v) is 9.19. The zero-order valence-electron chi connectivity index (χ0n) is 16.6. The molecule has 142 valence electrons.